The summed E-state index contributed by atoms with van der Waals surface area (Å²) in [5.74, 6) is -1.17. The molecule has 0 spiro atoms. The molecular weight excluding hydrogens is 207 g/mol. The molecule has 0 radical (unpaired) electrons. The van der Waals surface area contributed by atoms with Gasteiger partial charge in [0.15, 0.2) is 5.13 Å². The van der Waals surface area contributed by atoms with Crippen LogP contribution in [0.2, 0.25) is 0 Å². The Balaban J connectivity index is 1.77. The lowest BCUT2D eigenvalue weighted by molar-refractivity contribution is -0.152. The van der Waals surface area contributed by atoms with Crippen molar-refractivity contribution < 1.29 is 13.9 Å². The van der Waals surface area contributed by atoms with Gasteiger partial charge >= 0.3 is 5.97 Å². The second-order valence-electron chi connectivity index (χ2n) is 4.21. The van der Waals surface area contributed by atoms with E-state index in [1.807, 2.05) is 0 Å². The quantitative estimate of drug-likeness (QED) is 0.529. The third-order valence-corrected chi connectivity index (χ3v) is 3.36. The lowest BCUT2D eigenvalue weighted by atomic mass is 9.98. The van der Waals surface area contributed by atoms with Crippen LogP contribution in [-0.2, 0) is 9.53 Å². The smallest absolute Gasteiger partial charge is 0.313 e. The van der Waals surface area contributed by atoms with Gasteiger partial charge in [-0.3, -0.25) is 4.79 Å². The maximum absolute atomic E-state index is 12.9. The maximum Gasteiger partial charge on any atom is 0.313 e. The van der Waals surface area contributed by atoms with E-state index in [4.69, 9.17) is 16.3 Å². The summed E-state index contributed by atoms with van der Waals surface area (Å²) in [5.41, 5.74) is 0. The molecule has 0 bridgehead atoms. The Kier molecular flexibility index (Phi) is 2.69. The van der Waals surface area contributed by atoms with Gasteiger partial charge in [-0.25, -0.2) is 4.39 Å². The number of rotatable bonds is 2. The summed E-state index contributed by atoms with van der Waals surface area (Å²) in [5, 5.41) is -1.81. The summed E-state index contributed by atoms with van der Waals surface area (Å²) in [6.45, 7) is 0. The molecular formula is C10H14ClFO2. The molecule has 2 atom stereocenters. The van der Waals surface area contributed by atoms with Crippen molar-refractivity contribution in [3.05, 3.63) is 0 Å². The van der Waals surface area contributed by atoms with E-state index in [0.717, 1.165) is 25.7 Å². The van der Waals surface area contributed by atoms with Crippen LogP contribution in [0.25, 0.3) is 0 Å². The van der Waals surface area contributed by atoms with E-state index < -0.39 is 17.0 Å². The van der Waals surface area contributed by atoms with E-state index >= 15 is 0 Å². The van der Waals surface area contributed by atoms with Gasteiger partial charge in [-0.1, -0.05) is 18.0 Å². The molecule has 4 heteroatoms. The first-order valence-electron chi connectivity index (χ1n) is 5.18. The van der Waals surface area contributed by atoms with Crippen LogP contribution in [-0.4, -0.2) is 17.2 Å². The zero-order valence-electron chi connectivity index (χ0n) is 7.97. The van der Waals surface area contributed by atoms with Gasteiger partial charge in [0.25, 0.3) is 0 Å². The van der Waals surface area contributed by atoms with Gasteiger partial charge in [0.1, 0.15) is 12.0 Å². The van der Waals surface area contributed by atoms with Gasteiger partial charge in [0.05, 0.1) is 0 Å². The Hall–Kier alpha value is -0.310. The molecule has 2 nitrogen and oxygen atoms in total. The number of halogens is 2. The Bertz CT molecular complexity index is 236. The molecule has 2 aliphatic carbocycles. The first kappa shape index (κ1) is 10.2. The minimum absolute atomic E-state index is 0.00400. The van der Waals surface area contributed by atoms with Gasteiger partial charge in [0.2, 0.25) is 0 Å². The zero-order valence-corrected chi connectivity index (χ0v) is 8.73. The second-order valence-corrected chi connectivity index (χ2v) is 4.84. The van der Waals surface area contributed by atoms with Crippen LogP contribution < -0.4 is 0 Å². The number of alkyl halides is 2. The summed E-state index contributed by atoms with van der Waals surface area (Å²) >= 11 is 5.35. The Labute approximate surface area is 87.8 Å². The average molecular weight is 221 g/mol. The highest BCUT2D eigenvalue weighted by molar-refractivity contribution is 6.26. The van der Waals surface area contributed by atoms with Crippen LogP contribution in [0.3, 0.4) is 0 Å². The molecule has 0 aliphatic heterocycles. The van der Waals surface area contributed by atoms with Crippen LogP contribution in [0.15, 0.2) is 0 Å². The highest BCUT2D eigenvalue weighted by atomic mass is 35.5. The number of carbonyl (C=O) groups is 1. The third-order valence-electron chi connectivity index (χ3n) is 2.95. The Morgan fingerprint density at radius 2 is 1.93 bits per heavy atom. The molecule has 1 unspecified atom stereocenters. The summed E-state index contributed by atoms with van der Waals surface area (Å²) in [6, 6.07) is 0. The highest BCUT2D eigenvalue weighted by Crippen LogP contribution is 2.51. The molecule has 0 heterocycles. The lowest BCUT2D eigenvalue weighted by Crippen LogP contribution is -2.23. The van der Waals surface area contributed by atoms with Crippen molar-refractivity contribution in [3.63, 3.8) is 0 Å². The van der Waals surface area contributed by atoms with Gasteiger partial charge in [-0.2, -0.15) is 0 Å². The van der Waals surface area contributed by atoms with E-state index in [-0.39, 0.29) is 12.5 Å². The fourth-order valence-electron chi connectivity index (χ4n) is 1.90. The third kappa shape index (κ3) is 2.19. The monoisotopic (exact) mass is 220 g/mol. The fourth-order valence-corrected chi connectivity index (χ4v) is 2.14. The molecule has 0 amide bonds. The first-order chi connectivity index (χ1) is 6.59. The van der Waals surface area contributed by atoms with Gasteiger partial charge in [-0.15, -0.1) is 0 Å². The number of carbonyl (C=O) groups excluding carboxylic acids is 1. The summed E-state index contributed by atoms with van der Waals surface area (Å²) in [7, 11) is 0. The van der Waals surface area contributed by atoms with Crippen molar-refractivity contribution in [1.82, 2.24) is 0 Å². The van der Waals surface area contributed by atoms with E-state index in [9.17, 15) is 9.18 Å². The van der Waals surface area contributed by atoms with Crippen molar-refractivity contribution in [2.45, 2.75) is 49.8 Å². The lowest BCUT2D eigenvalue weighted by Gasteiger charge is -2.21. The van der Waals surface area contributed by atoms with Gasteiger partial charge in [-0.05, 0) is 25.7 Å². The van der Waals surface area contributed by atoms with Crippen LogP contribution >= 0.6 is 11.6 Å². The van der Waals surface area contributed by atoms with Crippen LogP contribution in [0.1, 0.15) is 38.5 Å². The van der Waals surface area contributed by atoms with Crippen LogP contribution in [0.4, 0.5) is 4.39 Å². The zero-order chi connectivity index (χ0) is 10.2. The predicted octanol–water partition coefficient (Wildman–Crippen LogP) is 2.79. The standard InChI is InChI=1S/C10H14ClFO2/c11-10(12)6-8(10)9(13)14-7-4-2-1-3-5-7/h7-8H,1-6H2/t8-,10?/m0/s1. The fraction of sp³-hybridized carbons (Fsp3) is 0.900. The van der Waals surface area contributed by atoms with Gasteiger partial charge in [0, 0.05) is 6.42 Å². The molecule has 2 fully saturated rings. The molecule has 14 heavy (non-hydrogen) atoms. The van der Waals surface area contributed by atoms with Crippen molar-refractivity contribution >= 4 is 17.6 Å². The normalized spacial score (nSPS) is 38.0. The minimum Gasteiger partial charge on any atom is -0.462 e. The maximum atomic E-state index is 12.9. The molecule has 0 N–H and O–H groups in total. The molecule has 0 aromatic rings. The van der Waals surface area contributed by atoms with E-state index in [2.05, 4.69) is 0 Å². The molecule has 0 saturated heterocycles. The molecule has 0 aromatic heterocycles. The van der Waals surface area contributed by atoms with Gasteiger partial charge < -0.3 is 4.74 Å². The van der Waals surface area contributed by atoms with Crippen LogP contribution in [0.5, 0.6) is 0 Å². The van der Waals surface area contributed by atoms with E-state index in [1.165, 1.54) is 6.42 Å². The summed E-state index contributed by atoms with van der Waals surface area (Å²) in [4.78, 5) is 11.3. The average Bonchev–Trinajstić information content (AvgIpc) is 2.77. The Morgan fingerprint density at radius 3 is 2.43 bits per heavy atom. The minimum atomic E-state index is -1.81. The second kappa shape index (κ2) is 3.69. The summed E-state index contributed by atoms with van der Waals surface area (Å²) < 4.78 is 18.1. The molecule has 2 rings (SSSR count). The number of hydrogen-bond acceptors (Lipinski definition) is 2. The van der Waals surface area contributed by atoms with Crippen LogP contribution in [0, 0.1) is 5.92 Å². The van der Waals surface area contributed by atoms with E-state index in [0.29, 0.717) is 0 Å². The molecule has 0 aromatic carbocycles. The van der Waals surface area contributed by atoms with Crippen molar-refractivity contribution in [2.24, 2.45) is 5.92 Å². The molecule has 80 valence electrons. The number of esters is 1. The topological polar surface area (TPSA) is 26.3 Å². The first-order valence-corrected chi connectivity index (χ1v) is 5.56. The summed E-state index contributed by atoms with van der Waals surface area (Å²) in [6.07, 6.45) is 5.36. The molecule has 2 aliphatic rings. The largest absolute Gasteiger partial charge is 0.462 e. The van der Waals surface area contributed by atoms with Crippen molar-refractivity contribution in [3.8, 4) is 0 Å². The number of hydrogen-bond donors (Lipinski definition) is 0. The highest BCUT2D eigenvalue weighted by Gasteiger charge is 2.60. The SMILES string of the molecule is O=C(OC1CCCCC1)[C@@H]1CC1(F)Cl. The predicted molar refractivity (Wildman–Crippen MR) is 50.8 cm³/mol. The Morgan fingerprint density at radius 1 is 1.36 bits per heavy atom. The van der Waals surface area contributed by atoms with E-state index in [1.54, 1.807) is 0 Å². The van der Waals surface area contributed by atoms with Crippen molar-refractivity contribution in [2.75, 3.05) is 0 Å². The number of ether oxygens (including phenoxy) is 1. The molecule has 2 saturated carbocycles. The van der Waals surface area contributed by atoms with Crippen molar-refractivity contribution in [1.29, 1.82) is 0 Å².